The second-order valence-corrected chi connectivity index (χ2v) is 3.07. The highest BCUT2D eigenvalue weighted by Gasteiger charge is 2.00. The van der Waals surface area contributed by atoms with Crippen LogP contribution < -0.4 is 15.8 Å². The highest BCUT2D eigenvalue weighted by molar-refractivity contribution is 5.79. The van der Waals surface area contributed by atoms with Gasteiger partial charge in [0.15, 0.2) is 6.19 Å². The Hall–Kier alpha value is -2.22. The zero-order valence-corrected chi connectivity index (χ0v) is 9.10. The van der Waals surface area contributed by atoms with Crippen molar-refractivity contribution in [2.45, 2.75) is 6.42 Å². The van der Waals surface area contributed by atoms with Gasteiger partial charge >= 0.3 is 0 Å². The topological polar surface area (TPSA) is 83.4 Å². The SMILES string of the molecule is COc1ccccc1CCN=C(N)NC#N. The van der Waals surface area contributed by atoms with Crippen molar-refractivity contribution in [1.82, 2.24) is 5.32 Å². The van der Waals surface area contributed by atoms with Crippen molar-refractivity contribution in [3.05, 3.63) is 29.8 Å². The quantitative estimate of drug-likeness (QED) is 0.336. The Morgan fingerprint density at radius 3 is 3.00 bits per heavy atom. The summed E-state index contributed by atoms with van der Waals surface area (Å²) in [5.74, 6) is 0.974. The van der Waals surface area contributed by atoms with Crippen molar-refractivity contribution in [2.75, 3.05) is 13.7 Å². The van der Waals surface area contributed by atoms with Gasteiger partial charge in [0.1, 0.15) is 5.75 Å². The van der Waals surface area contributed by atoms with E-state index >= 15 is 0 Å². The van der Waals surface area contributed by atoms with E-state index in [9.17, 15) is 0 Å². The molecule has 0 saturated heterocycles. The molecule has 16 heavy (non-hydrogen) atoms. The Balaban J connectivity index is 2.55. The Bertz CT molecular complexity index is 409. The molecule has 0 bridgehead atoms. The van der Waals surface area contributed by atoms with Crippen LogP contribution in [0.4, 0.5) is 0 Å². The molecule has 0 spiro atoms. The molecule has 0 heterocycles. The van der Waals surface area contributed by atoms with Crippen LogP contribution in [0.5, 0.6) is 5.75 Å². The molecule has 0 atom stereocenters. The zero-order valence-electron chi connectivity index (χ0n) is 9.10. The Morgan fingerprint density at radius 1 is 1.56 bits per heavy atom. The van der Waals surface area contributed by atoms with Crippen LogP contribution in [0.1, 0.15) is 5.56 Å². The van der Waals surface area contributed by atoms with Crippen LogP contribution in [0.15, 0.2) is 29.3 Å². The maximum absolute atomic E-state index is 8.29. The highest BCUT2D eigenvalue weighted by Crippen LogP contribution is 2.17. The Morgan fingerprint density at radius 2 is 2.31 bits per heavy atom. The molecule has 1 aromatic rings. The molecule has 0 amide bonds. The lowest BCUT2D eigenvalue weighted by molar-refractivity contribution is 0.410. The van der Waals surface area contributed by atoms with E-state index in [4.69, 9.17) is 15.7 Å². The first-order valence-corrected chi connectivity index (χ1v) is 4.85. The predicted molar refractivity (Wildman–Crippen MR) is 61.9 cm³/mol. The monoisotopic (exact) mass is 218 g/mol. The molecule has 84 valence electrons. The van der Waals surface area contributed by atoms with Gasteiger partial charge in [0, 0.05) is 6.54 Å². The first-order chi connectivity index (χ1) is 7.77. The fraction of sp³-hybridized carbons (Fsp3) is 0.273. The van der Waals surface area contributed by atoms with Crippen LogP contribution >= 0.6 is 0 Å². The normalized spacial score (nSPS) is 10.6. The number of nitrogens with one attached hydrogen (secondary N) is 1. The number of hydrogen-bond acceptors (Lipinski definition) is 3. The van der Waals surface area contributed by atoms with Crippen LogP contribution in [-0.4, -0.2) is 19.6 Å². The van der Waals surface area contributed by atoms with Crippen molar-refractivity contribution in [3.8, 4) is 11.9 Å². The molecule has 0 unspecified atom stereocenters. The molecule has 0 radical (unpaired) electrons. The number of benzene rings is 1. The number of nitriles is 1. The average molecular weight is 218 g/mol. The average Bonchev–Trinajstić information content (AvgIpc) is 2.30. The molecule has 0 aliphatic carbocycles. The van der Waals surface area contributed by atoms with E-state index in [0.29, 0.717) is 6.54 Å². The summed E-state index contributed by atoms with van der Waals surface area (Å²) in [5.41, 5.74) is 6.47. The fourth-order valence-corrected chi connectivity index (χ4v) is 1.30. The smallest absolute Gasteiger partial charge is 0.202 e. The molecule has 5 nitrogen and oxygen atoms in total. The van der Waals surface area contributed by atoms with Gasteiger partial charge in [-0.15, -0.1) is 0 Å². The summed E-state index contributed by atoms with van der Waals surface area (Å²) in [6.45, 7) is 0.515. The molecule has 0 aliphatic rings. The molecule has 3 N–H and O–H groups in total. The number of guanidine groups is 1. The van der Waals surface area contributed by atoms with Gasteiger partial charge in [-0.05, 0) is 18.1 Å². The molecule has 5 heteroatoms. The number of hydrogen-bond donors (Lipinski definition) is 2. The van der Waals surface area contributed by atoms with E-state index in [1.54, 1.807) is 13.3 Å². The van der Waals surface area contributed by atoms with Crippen molar-refractivity contribution in [2.24, 2.45) is 10.7 Å². The van der Waals surface area contributed by atoms with Gasteiger partial charge in [0.05, 0.1) is 7.11 Å². The maximum atomic E-state index is 8.29. The summed E-state index contributed by atoms with van der Waals surface area (Å²) in [6, 6.07) is 7.73. The minimum absolute atomic E-state index is 0.136. The number of para-hydroxylation sites is 1. The third kappa shape index (κ3) is 3.50. The van der Waals surface area contributed by atoms with Gasteiger partial charge in [-0.2, -0.15) is 5.26 Å². The molecular formula is C11H14N4O. The standard InChI is InChI=1S/C11H14N4O/c1-16-10-5-3-2-4-9(10)6-7-14-11(13)15-8-12/h2-5H,6-7H2,1H3,(H3,13,14,15). The van der Waals surface area contributed by atoms with Gasteiger partial charge in [-0.3, -0.25) is 10.3 Å². The summed E-state index contributed by atoms with van der Waals surface area (Å²) in [6.07, 6.45) is 2.43. The lowest BCUT2D eigenvalue weighted by Crippen LogP contribution is -2.27. The van der Waals surface area contributed by atoms with E-state index in [2.05, 4.69) is 10.3 Å². The Labute approximate surface area is 94.5 Å². The number of rotatable bonds is 4. The summed E-state index contributed by atoms with van der Waals surface area (Å²) >= 11 is 0. The van der Waals surface area contributed by atoms with E-state index < -0.39 is 0 Å². The van der Waals surface area contributed by atoms with E-state index in [-0.39, 0.29) is 5.96 Å². The first-order valence-electron chi connectivity index (χ1n) is 4.85. The first kappa shape index (κ1) is 11.9. The number of nitrogens with two attached hydrogens (primary N) is 1. The maximum Gasteiger partial charge on any atom is 0.202 e. The second kappa shape index (κ2) is 6.30. The van der Waals surface area contributed by atoms with Crippen LogP contribution in [0, 0.1) is 11.5 Å². The summed E-state index contributed by atoms with van der Waals surface area (Å²) in [4.78, 5) is 3.99. The summed E-state index contributed by atoms with van der Waals surface area (Å²) in [5, 5.41) is 10.6. The van der Waals surface area contributed by atoms with E-state index in [1.165, 1.54) is 0 Å². The van der Waals surface area contributed by atoms with Gasteiger partial charge in [-0.1, -0.05) is 18.2 Å². The lowest BCUT2D eigenvalue weighted by atomic mass is 10.1. The molecule has 1 rings (SSSR count). The van der Waals surface area contributed by atoms with Gasteiger partial charge in [-0.25, -0.2) is 0 Å². The minimum atomic E-state index is 0.136. The molecule has 0 aromatic heterocycles. The van der Waals surface area contributed by atoms with Crippen molar-refractivity contribution in [3.63, 3.8) is 0 Å². The van der Waals surface area contributed by atoms with Crippen LogP contribution in [0.3, 0.4) is 0 Å². The van der Waals surface area contributed by atoms with Crippen LogP contribution in [0.2, 0.25) is 0 Å². The van der Waals surface area contributed by atoms with Gasteiger partial charge in [0.2, 0.25) is 5.96 Å². The van der Waals surface area contributed by atoms with Gasteiger partial charge < -0.3 is 10.5 Å². The lowest BCUT2D eigenvalue weighted by Gasteiger charge is -2.06. The van der Waals surface area contributed by atoms with Gasteiger partial charge in [0.25, 0.3) is 0 Å². The fourth-order valence-electron chi connectivity index (χ4n) is 1.30. The van der Waals surface area contributed by atoms with E-state index in [1.807, 2.05) is 24.3 Å². The van der Waals surface area contributed by atoms with Crippen molar-refractivity contribution in [1.29, 1.82) is 5.26 Å². The number of ether oxygens (including phenoxy) is 1. The molecule has 0 saturated carbocycles. The van der Waals surface area contributed by atoms with Crippen LogP contribution in [0.25, 0.3) is 0 Å². The largest absolute Gasteiger partial charge is 0.496 e. The zero-order chi connectivity index (χ0) is 11.8. The van der Waals surface area contributed by atoms with Crippen molar-refractivity contribution < 1.29 is 4.74 Å². The van der Waals surface area contributed by atoms with Crippen LogP contribution in [-0.2, 0) is 6.42 Å². The number of methoxy groups -OCH3 is 1. The molecule has 0 fully saturated rings. The number of nitrogens with zero attached hydrogens (tertiary/aromatic N) is 2. The summed E-state index contributed by atoms with van der Waals surface area (Å²) in [7, 11) is 1.63. The summed E-state index contributed by atoms with van der Waals surface area (Å²) < 4.78 is 5.20. The van der Waals surface area contributed by atoms with E-state index in [0.717, 1.165) is 17.7 Å². The third-order valence-corrected chi connectivity index (χ3v) is 2.04. The molecule has 0 aliphatic heterocycles. The Kier molecular flexibility index (Phi) is 4.67. The molecular weight excluding hydrogens is 204 g/mol. The second-order valence-electron chi connectivity index (χ2n) is 3.07. The minimum Gasteiger partial charge on any atom is -0.496 e. The highest BCUT2D eigenvalue weighted by atomic mass is 16.5. The number of aliphatic imine (C=N–C) groups is 1. The van der Waals surface area contributed by atoms with Crippen molar-refractivity contribution >= 4 is 5.96 Å². The third-order valence-electron chi connectivity index (χ3n) is 2.04. The predicted octanol–water partition coefficient (Wildman–Crippen LogP) is 0.623. The molecule has 1 aromatic carbocycles.